The van der Waals surface area contributed by atoms with Gasteiger partial charge in [-0.1, -0.05) is 15.9 Å². The molecule has 0 unspecified atom stereocenters. The number of rotatable bonds is 3. The zero-order chi connectivity index (χ0) is 15.6. The van der Waals surface area contributed by atoms with Crippen LogP contribution in [-0.4, -0.2) is 11.3 Å². The Balaban J connectivity index is 2.35. The highest BCUT2D eigenvalue weighted by Gasteiger charge is 2.32. The number of ether oxygens (including phenoxy) is 1. The van der Waals surface area contributed by atoms with Crippen molar-refractivity contribution in [2.45, 2.75) is 13.3 Å². The first-order valence-electron chi connectivity index (χ1n) is 5.79. The summed E-state index contributed by atoms with van der Waals surface area (Å²) in [6.07, 6.45) is -3.23. The molecule has 21 heavy (non-hydrogen) atoms. The third-order valence-corrected chi connectivity index (χ3v) is 2.97. The van der Waals surface area contributed by atoms with E-state index in [0.717, 1.165) is 5.56 Å². The number of hydrogen-bond acceptors (Lipinski definition) is 4. The second-order valence-corrected chi connectivity index (χ2v) is 5.18. The lowest BCUT2D eigenvalue weighted by atomic mass is 10.2. The molecule has 2 aromatic rings. The summed E-state index contributed by atoms with van der Waals surface area (Å²) in [5.41, 5.74) is 7.07. The minimum Gasteiger partial charge on any atom is -0.404 e. The number of pyridine rings is 1. The molecule has 1 aromatic heterocycles. The molecule has 8 heteroatoms. The Labute approximate surface area is 127 Å². The van der Waals surface area contributed by atoms with Crippen LogP contribution < -0.4 is 15.8 Å². The normalized spacial score (nSPS) is 11.3. The van der Waals surface area contributed by atoms with Gasteiger partial charge in [-0.3, -0.25) is 0 Å². The van der Waals surface area contributed by atoms with E-state index in [1.54, 1.807) is 18.3 Å². The number of nitrogens with one attached hydrogen (secondary N) is 1. The largest absolute Gasteiger partial charge is 0.573 e. The van der Waals surface area contributed by atoms with E-state index in [9.17, 15) is 13.2 Å². The molecule has 0 fully saturated rings. The SMILES string of the molecule is Cc1cnc(Nc2ccc(Br)cc2OC(F)(F)F)c(N)c1. The number of hydrogen-bond donors (Lipinski definition) is 2. The molecule has 0 aliphatic carbocycles. The molecular weight excluding hydrogens is 351 g/mol. The lowest BCUT2D eigenvalue weighted by molar-refractivity contribution is -0.274. The van der Waals surface area contributed by atoms with E-state index in [0.29, 0.717) is 10.2 Å². The molecule has 0 amide bonds. The van der Waals surface area contributed by atoms with Gasteiger partial charge in [0.15, 0.2) is 11.6 Å². The molecule has 0 saturated heterocycles. The average Bonchev–Trinajstić information content (AvgIpc) is 2.33. The molecule has 2 rings (SSSR count). The molecule has 0 radical (unpaired) electrons. The maximum absolute atomic E-state index is 12.4. The molecule has 4 nitrogen and oxygen atoms in total. The summed E-state index contributed by atoms with van der Waals surface area (Å²) in [4.78, 5) is 4.05. The summed E-state index contributed by atoms with van der Waals surface area (Å²) in [6, 6.07) is 5.89. The van der Waals surface area contributed by atoms with Crippen LogP contribution in [0.5, 0.6) is 5.75 Å². The van der Waals surface area contributed by atoms with Gasteiger partial charge < -0.3 is 15.8 Å². The smallest absolute Gasteiger partial charge is 0.404 e. The minimum atomic E-state index is -4.79. The Morgan fingerprint density at radius 2 is 2.00 bits per heavy atom. The zero-order valence-electron chi connectivity index (χ0n) is 10.8. The quantitative estimate of drug-likeness (QED) is 0.851. The number of benzene rings is 1. The lowest BCUT2D eigenvalue weighted by Crippen LogP contribution is -2.18. The van der Waals surface area contributed by atoms with Crippen molar-refractivity contribution in [3.8, 4) is 5.75 Å². The highest BCUT2D eigenvalue weighted by molar-refractivity contribution is 9.10. The van der Waals surface area contributed by atoms with Gasteiger partial charge in [-0.05, 0) is 36.8 Å². The van der Waals surface area contributed by atoms with Crippen molar-refractivity contribution in [2.24, 2.45) is 0 Å². The summed E-state index contributed by atoms with van der Waals surface area (Å²) in [5.74, 6) is -0.117. The number of aryl methyl sites for hydroxylation is 1. The maximum atomic E-state index is 12.4. The van der Waals surface area contributed by atoms with Crippen LogP contribution >= 0.6 is 15.9 Å². The predicted octanol–water partition coefficient (Wildman–Crippen LogP) is 4.38. The minimum absolute atomic E-state index is 0.110. The van der Waals surface area contributed by atoms with Crippen molar-refractivity contribution in [1.29, 1.82) is 0 Å². The molecule has 0 saturated carbocycles. The number of nitrogens with zero attached hydrogens (tertiary/aromatic N) is 1. The topological polar surface area (TPSA) is 60.2 Å². The highest BCUT2D eigenvalue weighted by Crippen LogP contribution is 2.35. The molecule has 1 heterocycles. The van der Waals surface area contributed by atoms with Crippen molar-refractivity contribution in [2.75, 3.05) is 11.1 Å². The van der Waals surface area contributed by atoms with Gasteiger partial charge in [0.2, 0.25) is 0 Å². The van der Waals surface area contributed by atoms with Crippen molar-refractivity contribution in [1.82, 2.24) is 4.98 Å². The zero-order valence-corrected chi connectivity index (χ0v) is 12.4. The van der Waals surface area contributed by atoms with Crippen LogP contribution in [0, 0.1) is 6.92 Å². The fourth-order valence-electron chi connectivity index (χ4n) is 1.63. The molecule has 112 valence electrons. The number of halogens is 4. The summed E-state index contributed by atoms with van der Waals surface area (Å²) in [7, 11) is 0. The molecule has 0 atom stereocenters. The number of aromatic nitrogens is 1. The van der Waals surface area contributed by atoms with Crippen LogP contribution in [0.2, 0.25) is 0 Å². The molecule has 1 aromatic carbocycles. The van der Waals surface area contributed by atoms with E-state index in [4.69, 9.17) is 5.73 Å². The van der Waals surface area contributed by atoms with Gasteiger partial charge in [-0.15, -0.1) is 13.2 Å². The maximum Gasteiger partial charge on any atom is 0.573 e. The van der Waals surface area contributed by atoms with Crippen molar-refractivity contribution < 1.29 is 17.9 Å². The second-order valence-electron chi connectivity index (χ2n) is 4.26. The monoisotopic (exact) mass is 361 g/mol. The van der Waals surface area contributed by atoms with E-state index < -0.39 is 6.36 Å². The Bertz CT molecular complexity index is 662. The van der Waals surface area contributed by atoms with Gasteiger partial charge in [0.25, 0.3) is 0 Å². The van der Waals surface area contributed by atoms with E-state index in [1.807, 2.05) is 6.92 Å². The summed E-state index contributed by atoms with van der Waals surface area (Å²) < 4.78 is 41.7. The van der Waals surface area contributed by atoms with Crippen LogP contribution in [0.15, 0.2) is 34.9 Å². The second kappa shape index (κ2) is 5.80. The van der Waals surface area contributed by atoms with E-state index >= 15 is 0 Å². The highest BCUT2D eigenvalue weighted by atomic mass is 79.9. The summed E-state index contributed by atoms with van der Waals surface area (Å²) >= 11 is 3.10. The van der Waals surface area contributed by atoms with Gasteiger partial charge >= 0.3 is 6.36 Å². The Morgan fingerprint density at radius 1 is 1.29 bits per heavy atom. The van der Waals surface area contributed by atoms with Crippen molar-refractivity contribution in [3.63, 3.8) is 0 Å². The first-order valence-corrected chi connectivity index (χ1v) is 6.58. The molecule has 0 aliphatic heterocycles. The van der Waals surface area contributed by atoms with Crippen LogP contribution in [0.25, 0.3) is 0 Å². The van der Waals surface area contributed by atoms with Gasteiger partial charge in [0.1, 0.15) is 0 Å². The van der Waals surface area contributed by atoms with Crippen LogP contribution in [0.3, 0.4) is 0 Å². The first-order chi connectivity index (χ1) is 9.74. The molecular formula is C13H11BrF3N3O. The van der Waals surface area contributed by atoms with Crippen LogP contribution in [0.1, 0.15) is 5.56 Å². The van der Waals surface area contributed by atoms with Gasteiger partial charge in [0, 0.05) is 10.7 Å². The Kier molecular flexibility index (Phi) is 4.26. The van der Waals surface area contributed by atoms with Gasteiger partial charge in [-0.2, -0.15) is 0 Å². The Hall–Kier alpha value is -1.96. The third-order valence-electron chi connectivity index (χ3n) is 2.48. The van der Waals surface area contributed by atoms with E-state index in [-0.39, 0.29) is 17.3 Å². The average molecular weight is 362 g/mol. The number of nitrogen functional groups attached to an aromatic ring is 1. The Morgan fingerprint density at radius 3 is 2.62 bits per heavy atom. The molecule has 0 bridgehead atoms. The van der Waals surface area contributed by atoms with Gasteiger partial charge in [-0.25, -0.2) is 4.98 Å². The predicted molar refractivity (Wildman–Crippen MR) is 77.5 cm³/mol. The number of alkyl halides is 3. The third kappa shape index (κ3) is 4.25. The van der Waals surface area contributed by atoms with Crippen LogP contribution in [0.4, 0.5) is 30.4 Å². The van der Waals surface area contributed by atoms with Crippen LogP contribution in [-0.2, 0) is 0 Å². The molecule has 0 aliphatic rings. The number of nitrogens with two attached hydrogens (primary N) is 1. The number of anilines is 3. The standard InChI is InChI=1S/C13H11BrF3N3O/c1-7-4-9(18)12(19-6-7)20-10-3-2-8(14)5-11(10)21-13(15,16)17/h2-6H,18H2,1H3,(H,19,20). The molecule has 0 spiro atoms. The van der Waals surface area contributed by atoms with Crippen molar-refractivity contribution >= 4 is 33.1 Å². The fourth-order valence-corrected chi connectivity index (χ4v) is 1.97. The van der Waals surface area contributed by atoms with E-state index in [1.165, 1.54) is 12.1 Å². The fraction of sp³-hybridized carbons (Fsp3) is 0.154. The van der Waals surface area contributed by atoms with Gasteiger partial charge in [0.05, 0.1) is 11.4 Å². The first kappa shape index (κ1) is 15.4. The summed E-state index contributed by atoms with van der Waals surface area (Å²) in [5, 5.41) is 2.74. The van der Waals surface area contributed by atoms with Crippen molar-refractivity contribution in [3.05, 3.63) is 40.5 Å². The lowest BCUT2D eigenvalue weighted by Gasteiger charge is -2.15. The molecule has 3 N–H and O–H groups in total. The summed E-state index contributed by atoms with van der Waals surface area (Å²) in [6.45, 7) is 1.81. The van der Waals surface area contributed by atoms with E-state index in [2.05, 4.69) is 31.0 Å².